The minimum absolute atomic E-state index is 0.245. The van der Waals surface area contributed by atoms with E-state index in [1.807, 2.05) is 7.05 Å². The maximum absolute atomic E-state index is 6.08. The number of fused-ring (bicyclic) bond motifs is 1. The number of hydrogen-bond donors (Lipinski definition) is 1. The molecule has 6 heteroatoms. The smallest absolute Gasteiger partial charge is 0.176 e. The summed E-state index contributed by atoms with van der Waals surface area (Å²) in [6, 6.07) is 0.495. The Morgan fingerprint density at radius 3 is 2.89 bits per heavy atom. The van der Waals surface area contributed by atoms with Crippen molar-refractivity contribution >= 4 is 11.2 Å². The van der Waals surface area contributed by atoms with Crippen molar-refractivity contribution in [2.75, 3.05) is 13.6 Å². The lowest BCUT2D eigenvalue weighted by molar-refractivity contribution is 0.168. The lowest BCUT2D eigenvalue weighted by Gasteiger charge is -2.34. The Balaban J connectivity index is 2.08. The summed E-state index contributed by atoms with van der Waals surface area (Å²) in [5.41, 5.74) is 8.80. The van der Waals surface area contributed by atoms with Gasteiger partial charge in [-0.3, -0.25) is 4.90 Å². The van der Waals surface area contributed by atoms with E-state index in [9.17, 15) is 0 Å². The fourth-order valence-corrected chi connectivity index (χ4v) is 2.66. The third-order valence-corrected chi connectivity index (χ3v) is 3.71. The first-order valence-electron chi connectivity index (χ1n) is 6.26. The molecule has 0 radical (unpaired) electrons. The summed E-state index contributed by atoms with van der Waals surface area (Å²) in [5, 5.41) is 4.59. The highest BCUT2D eigenvalue weighted by atomic mass is 15.3. The van der Waals surface area contributed by atoms with Crippen molar-refractivity contribution in [3.8, 4) is 0 Å². The van der Waals surface area contributed by atoms with Gasteiger partial charge in [0.15, 0.2) is 5.65 Å². The number of piperidine rings is 1. The molecule has 2 unspecified atom stereocenters. The van der Waals surface area contributed by atoms with Gasteiger partial charge in [0.05, 0.1) is 6.04 Å². The van der Waals surface area contributed by atoms with E-state index in [0.29, 0.717) is 0 Å². The molecule has 2 aromatic rings. The Morgan fingerprint density at radius 1 is 1.28 bits per heavy atom. The lowest BCUT2D eigenvalue weighted by atomic mass is 9.96. The van der Waals surface area contributed by atoms with Gasteiger partial charge in [0.2, 0.25) is 0 Å². The van der Waals surface area contributed by atoms with Gasteiger partial charge in [0.25, 0.3) is 0 Å². The van der Waals surface area contributed by atoms with Gasteiger partial charge in [-0.2, -0.15) is 5.10 Å². The first-order chi connectivity index (χ1) is 8.66. The molecule has 96 valence electrons. The summed E-state index contributed by atoms with van der Waals surface area (Å²) in [7, 11) is 4.02. The molecule has 0 spiro atoms. The predicted molar refractivity (Wildman–Crippen MR) is 68.9 cm³/mol. The van der Waals surface area contributed by atoms with Crippen molar-refractivity contribution in [3.05, 3.63) is 18.1 Å². The van der Waals surface area contributed by atoms with E-state index >= 15 is 0 Å². The van der Waals surface area contributed by atoms with Crippen molar-refractivity contribution in [3.63, 3.8) is 0 Å². The number of nitrogens with two attached hydrogens (primary N) is 1. The van der Waals surface area contributed by atoms with Gasteiger partial charge in [-0.1, -0.05) is 0 Å². The summed E-state index contributed by atoms with van der Waals surface area (Å²) < 4.78 is 1.80. The quantitative estimate of drug-likeness (QED) is 0.791. The molecule has 3 heterocycles. The zero-order chi connectivity index (χ0) is 12.7. The Bertz CT molecular complexity index is 563. The fourth-order valence-electron chi connectivity index (χ4n) is 2.66. The number of nitrogens with zero attached hydrogens (tertiary/aromatic N) is 5. The molecule has 1 aliphatic heterocycles. The van der Waals surface area contributed by atoms with Gasteiger partial charge in [0, 0.05) is 25.5 Å². The van der Waals surface area contributed by atoms with Gasteiger partial charge in [-0.25, -0.2) is 14.6 Å². The normalized spacial score (nSPS) is 25.7. The first kappa shape index (κ1) is 11.6. The van der Waals surface area contributed by atoms with Crippen LogP contribution >= 0.6 is 0 Å². The average Bonchev–Trinajstić information content (AvgIpc) is 2.71. The molecule has 2 N–H and O–H groups in total. The molecule has 2 atom stereocenters. The van der Waals surface area contributed by atoms with Crippen LogP contribution in [0, 0.1) is 0 Å². The van der Waals surface area contributed by atoms with Crippen LogP contribution in [0.4, 0.5) is 0 Å². The first-order valence-corrected chi connectivity index (χ1v) is 6.26. The zero-order valence-corrected chi connectivity index (χ0v) is 10.7. The maximum Gasteiger partial charge on any atom is 0.176 e. The van der Waals surface area contributed by atoms with Gasteiger partial charge >= 0.3 is 0 Å². The Hall–Kier alpha value is -1.53. The molecular formula is C12H18N6. The van der Waals surface area contributed by atoms with Crippen LogP contribution in [0.5, 0.6) is 0 Å². The van der Waals surface area contributed by atoms with Crippen LogP contribution in [0.3, 0.4) is 0 Å². The molecule has 18 heavy (non-hydrogen) atoms. The average molecular weight is 246 g/mol. The molecule has 1 fully saturated rings. The van der Waals surface area contributed by atoms with E-state index in [1.54, 1.807) is 17.1 Å². The standard InChI is InChI=1S/C12H18N6/c1-17-6-3-8(13)7-9(17)10-11-12(18(2)16-10)15-5-4-14-11/h4-5,8-9H,3,6-7,13H2,1-2H3. The summed E-state index contributed by atoms with van der Waals surface area (Å²) in [4.78, 5) is 11.1. The number of aryl methyl sites for hydroxylation is 1. The second kappa shape index (κ2) is 4.29. The minimum atomic E-state index is 0.245. The topological polar surface area (TPSA) is 72.9 Å². The second-order valence-corrected chi connectivity index (χ2v) is 5.02. The van der Waals surface area contributed by atoms with Gasteiger partial charge in [-0.05, 0) is 26.4 Å². The minimum Gasteiger partial charge on any atom is -0.328 e. The van der Waals surface area contributed by atoms with Crippen molar-refractivity contribution in [1.82, 2.24) is 24.6 Å². The molecule has 3 rings (SSSR count). The molecule has 0 aliphatic carbocycles. The van der Waals surface area contributed by atoms with Crippen molar-refractivity contribution in [1.29, 1.82) is 0 Å². The van der Waals surface area contributed by atoms with E-state index in [0.717, 1.165) is 36.2 Å². The highest BCUT2D eigenvalue weighted by Crippen LogP contribution is 2.31. The molecule has 2 aromatic heterocycles. The molecule has 0 aromatic carbocycles. The van der Waals surface area contributed by atoms with Gasteiger partial charge in [-0.15, -0.1) is 0 Å². The van der Waals surface area contributed by atoms with Crippen LogP contribution < -0.4 is 5.73 Å². The van der Waals surface area contributed by atoms with Gasteiger partial charge in [0.1, 0.15) is 11.2 Å². The Kier molecular flexibility index (Phi) is 2.76. The van der Waals surface area contributed by atoms with Crippen LogP contribution in [-0.4, -0.2) is 44.3 Å². The predicted octanol–water partition coefficient (Wildman–Crippen LogP) is 0.457. The summed E-state index contributed by atoms with van der Waals surface area (Å²) in [6.45, 7) is 1.00. The third kappa shape index (κ3) is 1.77. The molecule has 6 nitrogen and oxygen atoms in total. The maximum atomic E-state index is 6.08. The van der Waals surface area contributed by atoms with E-state index in [-0.39, 0.29) is 12.1 Å². The van der Waals surface area contributed by atoms with E-state index < -0.39 is 0 Å². The van der Waals surface area contributed by atoms with Crippen LogP contribution in [0.2, 0.25) is 0 Å². The van der Waals surface area contributed by atoms with Crippen molar-refractivity contribution in [2.24, 2.45) is 12.8 Å². The summed E-state index contributed by atoms with van der Waals surface area (Å²) in [6.07, 6.45) is 5.39. The highest BCUT2D eigenvalue weighted by molar-refractivity contribution is 5.73. The van der Waals surface area contributed by atoms with Crippen molar-refractivity contribution in [2.45, 2.75) is 24.9 Å². The fraction of sp³-hybridized carbons (Fsp3) is 0.583. The van der Waals surface area contributed by atoms with Crippen molar-refractivity contribution < 1.29 is 0 Å². The van der Waals surface area contributed by atoms with Crippen LogP contribution in [-0.2, 0) is 7.05 Å². The van der Waals surface area contributed by atoms with Crippen LogP contribution in [0.25, 0.3) is 11.2 Å². The van der Waals surface area contributed by atoms with E-state index in [1.165, 1.54) is 0 Å². The zero-order valence-electron chi connectivity index (χ0n) is 10.7. The Labute approximate surface area is 106 Å². The number of hydrogen-bond acceptors (Lipinski definition) is 5. The molecular weight excluding hydrogens is 228 g/mol. The number of aromatic nitrogens is 4. The summed E-state index contributed by atoms with van der Waals surface area (Å²) >= 11 is 0. The molecule has 0 amide bonds. The Morgan fingerprint density at radius 2 is 2.06 bits per heavy atom. The molecule has 1 aliphatic rings. The van der Waals surface area contributed by atoms with E-state index in [4.69, 9.17) is 5.73 Å². The van der Waals surface area contributed by atoms with E-state index in [2.05, 4.69) is 27.0 Å². The SMILES string of the molecule is CN1CCC(N)CC1c1nn(C)c2nccnc12. The largest absolute Gasteiger partial charge is 0.328 e. The van der Waals surface area contributed by atoms with Crippen LogP contribution in [0.1, 0.15) is 24.6 Å². The lowest BCUT2D eigenvalue weighted by Crippen LogP contribution is -2.40. The van der Waals surface area contributed by atoms with Crippen LogP contribution in [0.15, 0.2) is 12.4 Å². The number of rotatable bonds is 1. The second-order valence-electron chi connectivity index (χ2n) is 5.02. The highest BCUT2D eigenvalue weighted by Gasteiger charge is 2.29. The number of likely N-dealkylation sites (tertiary alicyclic amines) is 1. The monoisotopic (exact) mass is 246 g/mol. The molecule has 0 saturated carbocycles. The summed E-state index contributed by atoms with van der Waals surface area (Å²) in [5.74, 6) is 0. The molecule has 0 bridgehead atoms. The molecule has 1 saturated heterocycles. The van der Waals surface area contributed by atoms with Gasteiger partial charge < -0.3 is 5.73 Å². The third-order valence-electron chi connectivity index (χ3n) is 3.71.